The van der Waals surface area contributed by atoms with Gasteiger partial charge in [0.05, 0.1) is 34.6 Å². The average Bonchev–Trinajstić information content (AvgIpc) is 2.77. The predicted molar refractivity (Wildman–Crippen MR) is 120 cm³/mol. The second-order valence-corrected chi connectivity index (χ2v) is 8.34. The summed E-state index contributed by atoms with van der Waals surface area (Å²) in [6.07, 6.45) is 0.941. The van der Waals surface area contributed by atoms with Crippen LogP contribution in [0.1, 0.15) is 12.8 Å². The smallest absolute Gasteiger partial charge is 0.306 e. The van der Waals surface area contributed by atoms with Crippen LogP contribution in [0.5, 0.6) is 17.2 Å². The van der Waals surface area contributed by atoms with Gasteiger partial charge in [-0.3, -0.25) is 9.59 Å². The lowest BCUT2D eigenvalue weighted by molar-refractivity contribution is -0.151. The molecule has 3 aromatic rings. The van der Waals surface area contributed by atoms with Gasteiger partial charge in [-0.2, -0.15) is 0 Å². The highest BCUT2D eigenvalue weighted by molar-refractivity contribution is 6.34. The monoisotopic (exact) mass is 472 g/mol. The summed E-state index contributed by atoms with van der Waals surface area (Å²) in [7, 11) is 0. The Bertz CT molecular complexity index is 1260. The van der Waals surface area contributed by atoms with Crippen molar-refractivity contribution in [3.63, 3.8) is 0 Å². The van der Waals surface area contributed by atoms with Gasteiger partial charge >= 0.3 is 5.97 Å². The topological polar surface area (TPSA) is 104 Å². The lowest BCUT2D eigenvalue weighted by atomic mass is 9.82. The molecular formula is C24H21ClO8. The van der Waals surface area contributed by atoms with Gasteiger partial charge in [0.2, 0.25) is 0 Å². The molecule has 2 aliphatic rings. The molecule has 0 amide bonds. The molecule has 0 spiro atoms. The number of fused-ring (bicyclic) bond motifs is 2. The molecule has 2 aromatic carbocycles. The fourth-order valence-electron chi connectivity index (χ4n) is 3.93. The Balaban J connectivity index is 1.40. The molecule has 1 aliphatic heterocycles. The normalized spacial score (nSPS) is 19.2. The predicted octanol–water partition coefficient (Wildman–Crippen LogP) is 4.14. The molecule has 0 unspecified atom stereocenters. The van der Waals surface area contributed by atoms with E-state index in [0.717, 1.165) is 0 Å². The molecular weight excluding hydrogens is 452 g/mol. The third-order valence-electron chi connectivity index (χ3n) is 5.76. The molecule has 1 saturated carbocycles. The number of aliphatic carboxylic acids is 1. The molecule has 2 heterocycles. The molecule has 8 nitrogen and oxygen atoms in total. The van der Waals surface area contributed by atoms with Crippen LogP contribution in [0, 0.1) is 5.92 Å². The van der Waals surface area contributed by atoms with Gasteiger partial charge in [0.15, 0.2) is 22.5 Å². The average molecular weight is 473 g/mol. The number of carboxylic acids is 1. The van der Waals surface area contributed by atoms with Crippen LogP contribution in [0.15, 0.2) is 45.6 Å². The fourth-order valence-corrected chi connectivity index (χ4v) is 4.14. The van der Waals surface area contributed by atoms with E-state index >= 15 is 0 Å². The molecule has 0 bridgehead atoms. The van der Waals surface area contributed by atoms with Crippen LogP contribution in [0.25, 0.3) is 22.3 Å². The summed E-state index contributed by atoms with van der Waals surface area (Å²) in [6, 6.07) is 9.82. The Kier molecular flexibility index (Phi) is 5.86. The number of carboxylic acid groups (broad SMARTS) is 1. The Morgan fingerprint density at radius 2 is 1.85 bits per heavy atom. The van der Waals surface area contributed by atoms with Crippen LogP contribution in [0.2, 0.25) is 5.02 Å². The van der Waals surface area contributed by atoms with E-state index in [2.05, 4.69) is 0 Å². The zero-order valence-electron chi connectivity index (χ0n) is 17.5. The highest BCUT2D eigenvalue weighted by Crippen LogP contribution is 2.42. The number of rotatable bonds is 7. The Labute approximate surface area is 193 Å². The van der Waals surface area contributed by atoms with E-state index < -0.39 is 5.97 Å². The summed E-state index contributed by atoms with van der Waals surface area (Å²) in [4.78, 5) is 23.6. The van der Waals surface area contributed by atoms with Crippen molar-refractivity contribution < 1.29 is 33.3 Å². The van der Waals surface area contributed by atoms with Crippen molar-refractivity contribution in [2.45, 2.75) is 18.9 Å². The lowest BCUT2D eigenvalue weighted by Crippen LogP contribution is -2.37. The standard InChI is InChI=1S/C24H21ClO8/c25-17-3-1-2-15-18(26)11-20(33-23(15)17)16-10-21-22(32-7-6-31-21)12-19(16)30-5-4-29-14-8-13(9-14)24(27)28/h1-3,10-14H,4-9H2,(H,27,28). The SMILES string of the molecule is O=C(O)C1CC(OCCOc2cc3c(cc2-c2cc(=O)c4cccc(Cl)c4o2)OCCO3)C1. The van der Waals surface area contributed by atoms with Gasteiger partial charge in [-0.1, -0.05) is 17.7 Å². The van der Waals surface area contributed by atoms with Gasteiger partial charge in [-0.05, 0) is 31.0 Å². The molecule has 33 heavy (non-hydrogen) atoms. The molecule has 172 valence electrons. The Hall–Kier alpha value is -3.23. The van der Waals surface area contributed by atoms with Gasteiger partial charge in [0.25, 0.3) is 0 Å². The second-order valence-electron chi connectivity index (χ2n) is 7.93. The van der Waals surface area contributed by atoms with Crippen molar-refractivity contribution in [1.29, 1.82) is 0 Å². The summed E-state index contributed by atoms with van der Waals surface area (Å²) in [5.41, 5.74) is 0.590. The van der Waals surface area contributed by atoms with E-state index in [-0.39, 0.29) is 29.8 Å². The summed E-state index contributed by atoms with van der Waals surface area (Å²) in [5.74, 6) is 0.666. The summed E-state index contributed by atoms with van der Waals surface area (Å²) in [5, 5.41) is 9.69. The molecule has 1 N–H and O–H groups in total. The number of benzene rings is 2. The van der Waals surface area contributed by atoms with E-state index in [1.807, 2.05) is 0 Å². The van der Waals surface area contributed by atoms with Gasteiger partial charge in [-0.15, -0.1) is 0 Å². The van der Waals surface area contributed by atoms with Crippen molar-refractivity contribution >= 4 is 28.5 Å². The number of hydrogen-bond acceptors (Lipinski definition) is 7. The quantitative estimate of drug-likeness (QED) is 0.511. The van der Waals surface area contributed by atoms with Crippen molar-refractivity contribution in [2.75, 3.05) is 26.4 Å². The first-order valence-electron chi connectivity index (χ1n) is 10.6. The zero-order chi connectivity index (χ0) is 22.9. The summed E-state index contributed by atoms with van der Waals surface area (Å²) >= 11 is 6.26. The van der Waals surface area contributed by atoms with E-state index in [4.69, 9.17) is 40.1 Å². The molecule has 9 heteroatoms. The van der Waals surface area contributed by atoms with E-state index in [1.54, 1.807) is 30.3 Å². The number of ether oxygens (including phenoxy) is 4. The number of para-hydroxylation sites is 1. The lowest BCUT2D eigenvalue weighted by Gasteiger charge is -2.32. The number of halogens is 1. The van der Waals surface area contributed by atoms with Crippen LogP contribution >= 0.6 is 11.6 Å². The van der Waals surface area contributed by atoms with Gasteiger partial charge < -0.3 is 28.5 Å². The van der Waals surface area contributed by atoms with Crippen LogP contribution in [0.3, 0.4) is 0 Å². The van der Waals surface area contributed by atoms with Crippen LogP contribution in [-0.4, -0.2) is 43.6 Å². The van der Waals surface area contributed by atoms with Gasteiger partial charge in [-0.25, -0.2) is 0 Å². The third-order valence-corrected chi connectivity index (χ3v) is 6.05. The fraction of sp³-hybridized carbons (Fsp3) is 0.333. The molecule has 0 saturated heterocycles. The van der Waals surface area contributed by atoms with Crippen molar-refractivity contribution in [3.05, 3.63) is 51.6 Å². The van der Waals surface area contributed by atoms with E-state index in [9.17, 15) is 9.59 Å². The second kappa shape index (κ2) is 8.96. The molecule has 1 aliphatic carbocycles. The largest absolute Gasteiger partial charge is 0.490 e. The maximum Gasteiger partial charge on any atom is 0.306 e. The zero-order valence-corrected chi connectivity index (χ0v) is 18.3. The Morgan fingerprint density at radius 1 is 1.09 bits per heavy atom. The minimum Gasteiger partial charge on any atom is -0.490 e. The summed E-state index contributed by atoms with van der Waals surface area (Å²) < 4.78 is 29.0. The Morgan fingerprint density at radius 3 is 2.61 bits per heavy atom. The third kappa shape index (κ3) is 4.36. The molecule has 0 atom stereocenters. The first-order valence-corrected chi connectivity index (χ1v) is 11.0. The molecule has 5 rings (SSSR count). The minimum absolute atomic E-state index is 0.0740. The van der Waals surface area contributed by atoms with Crippen molar-refractivity contribution in [3.8, 4) is 28.6 Å². The molecule has 0 radical (unpaired) electrons. The molecule has 1 aromatic heterocycles. The van der Waals surface area contributed by atoms with Gasteiger partial charge in [0.1, 0.15) is 31.3 Å². The van der Waals surface area contributed by atoms with E-state index in [0.29, 0.717) is 71.5 Å². The maximum atomic E-state index is 12.7. The number of carbonyl (C=O) groups is 1. The minimum atomic E-state index is -0.788. The summed E-state index contributed by atoms with van der Waals surface area (Å²) in [6.45, 7) is 1.34. The van der Waals surface area contributed by atoms with Crippen molar-refractivity contribution in [1.82, 2.24) is 0 Å². The van der Waals surface area contributed by atoms with Crippen molar-refractivity contribution in [2.24, 2.45) is 5.92 Å². The first-order chi connectivity index (χ1) is 16.0. The van der Waals surface area contributed by atoms with Crippen LogP contribution in [0.4, 0.5) is 0 Å². The van der Waals surface area contributed by atoms with Crippen LogP contribution in [-0.2, 0) is 9.53 Å². The maximum absolute atomic E-state index is 12.7. The highest BCUT2D eigenvalue weighted by atomic mass is 35.5. The van der Waals surface area contributed by atoms with Crippen LogP contribution < -0.4 is 19.6 Å². The highest BCUT2D eigenvalue weighted by Gasteiger charge is 2.35. The first kappa shape index (κ1) is 21.6. The molecule has 1 fully saturated rings. The van der Waals surface area contributed by atoms with E-state index in [1.165, 1.54) is 6.07 Å². The number of hydrogen-bond donors (Lipinski definition) is 1. The van der Waals surface area contributed by atoms with Gasteiger partial charge in [0, 0.05) is 12.1 Å².